The number of halogens is 5. The third-order valence-corrected chi connectivity index (χ3v) is 3.92. The number of hydrogen-bond donors (Lipinski definition) is 2. The zero-order valence-corrected chi connectivity index (χ0v) is 14.5. The largest absolute Gasteiger partial charge is 0.417 e. The van der Waals surface area contributed by atoms with Crippen LogP contribution in [-0.4, -0.2) is 20.6 Å². The summed E-state index contributed by atoms with van der Waals surface area (Å²) in [4.78, 5) is 11.9. The van der Waals surface area contributed by atoms with E-state index in [1.54, 1.807) is 13.0 Å². The van der Waals surface area contributed by atoms with Gasteiger partial charge < -0.3 is 10.6 Å². The van der Waals surface area contributed by atoms with Gasteiger partial charge in [0.05, 0.1) is 22.8 Å². The first-order chi connectivity index (χ1) is 12.6. The smallest absolute Gasteiger partial charge is 0.331 e. The molecule has 6 nitrogen and oxygen atoms in total. The van der Waals surface area contributed by atoms with Gasteiger partial charge >= 0.3 is 12.2 Å². The number of urea groups is 1. The molecule has 0 unspecified atom stereocenters. The van der Waals surface area contributed by atoms with E-state index in [-0.39, 0.29) is 28.7 Å². The molecule has 2 heterocycles. The van der Waals surface area contributed by atoms with Crippen molar-refractivity contribution in [3.8, 4) is 0 Å². The van der Waals surface area contributed by atoms with Crippen molar-refractivity contribution < 1.29 is 22.4 Å². The number of anilines is 1. The van der Waals surface area contributed by atoms with Crippen LogP contribution < -0.4 is 10.6 Å². The molecule has 0 radical (unpaired) electrons. The number of fused-ring (bicyclic) bond motifs is 1. The Kier molecular flexibility index (Phi) is 4.92. The van der Waals surface area contributed by atoms with E-state index < -0.39 is 23.6 Å². The van der Waals surface area contributed by atoms with Crippen molar-refractivity contribution in [3.63, 3.8) is 0 Å². The van der Waals surface area contributed by atoms with Crippen LogP contribution in [0.3, 0.4) is 0 Å². The van der Waals surface area contributed by atoms with Gasteiger partial charge in [0.15, 0.2) is 11.5 Å². The second-order valence-corrected chi connectivity index (χ2v) is 6.08. The summed E-state index contributed by atoms with van der Waals surface area (Å²) in [7, 11) is 0. The molecular formula is C16H12ClF4N5O. The van der Waals surface area contributed by atoms with Gasteiger partial charge in [0.2, 0.25) is 0 Å². The predicted octanol–water partition coefficient (Wildman–Crippen LogP) is 4.17. The lowest BCUT2D eigenvalue weighted by Gasteiger charge is -2.10. The maximum absolute atomic E-state index is 13.7. The van der Waals surface area contributed by atoms with Gasteiger partial charge in [-0.3, -0.25) is 4.40 Å². The minimum Gasteiger partial charge on any atom is -0.331 e. The Morgan fingerprint density at radius 2 is 2.00 bits per heavy atom. The molecule has 1 aromatic carbocycles. The number of carbonyl (C=O) groups excluding carboxylic acids is 1. The van der Waals surface area contributed by atoms with Crippen molar-refractivity contribution in [2.45, 2.75) is 19.6 Å². The number of benzene rings is 1. The van der Waals surface area contributed by atoms with Gasteiger partial charge in [0.1, 0.15) is 5.82 Å². The molecule has 11 heteroatoms. The second kappa shape index (κ2) is 7.03. The average molecular weight is 402 g/mol. The molecule has 3 aromatic rings. The number of carbonyl (C=O) groups is 1. The molecule has 0 fully saturated rings. The Hall–Kier alpha value is -2.88. The van der Waals surface area contributed by atoms with E-state index in [0.717, 1.165) is 16.7 Å². The molecule has 27 heavy (non-hydrogen) atoms. The van der Waals surface area contributed by atoms with Gasteiger partial charge in [-0.15, -0.1) is 10.2 Å². The summed E-state index contributed by atoms with van der Waals surface area (Å²) in [5, 5.41) is 11.9. The molecule has 3 rings (SSSR count). The van der Waals surface area contributed by atoms with Crippen molar-refractivity contribution in [2.24, 2.45) is 0 Å². The van der Waals surface area contributed by atoms with Gasteiger partial charge in [-0.1, -0.05) is 17.7 Å². The number of alkyl halides is 3. The van der Waals surface area contributed by atoms with Crippen molar-refractivity contribution in [3.05, 3.63) is 58.3 Å². The summed E-state index contributed by atoms with van der Waals surface area (Å²) in [6.07, 6.45) is -3.82. The predicted molar refractivity (Wildman–Crippen MR) is 90.0 cm³/mol. The van der Waals surface area contributed by atoms with E-state index in [1.807, 2.05) is 0 Å². The van der Waals surface area contributed by atoms with Crippen LogP contribution in [0.15, 0.2) is 30.5 Å². The Bertz CT molecular complexity index is 1020. The maximum atomic E-state index is 13.7. The maximum Gasteiger partial charge on any atom is 0.417 e. The molecule has 0 spiro atoms. The lowest BCUT2D eigenvalue weighted by atomic mass is 10.2. The Labute approximate surface area is 155 Å². The van der Waals surface area contributed by atoms with Crippen molar-refractivity contribution >= 4 is 29.0 Å². The quantitative estimate of drug-likeness (QED) is 0.647. The van der Waals surface area contributed by atoms with E-state index in [4.69, 9.17) is 11.6 Å². The van der Waals surface area contributed by atoms with Crippen molar-refractivity contribution in [1.29, 1.82) is 0 Å². The van der Waals surface area contributed by atoms with Gasteiger partial charge in [0.25, 0.3) is 0 Å². The van der Waals surface area contributed by atoms with Crippen molar-refractivity contribution in [1.82, 2.24) is 19.9 Å². The number of rotatable bonds is 3. The number of hydrogen-bond acceptors (Lipinski definition) is 3. The highest BCUT2D eigenvalue weighted by molar-refractivity contribution is 6.33. The number of nitrogens with one attached hydrogen (secondary N) is 2. The molecule has 0 bridgehead atoms. The molecule has 0 aliphatic carbocycles. The molecule has 0 aliphatic heterocycles. The normalized spacial score (nSPS) is 11.6. The van der Waals surface area contributed by atoms with Crippen LogP contribution >= 0.6 is 11.6 Å². The summed E-state index contributed by atoms with van der Waals surface area (Å²) in [5.74, 6) is -0.586. The Morgan fingerprint density at radius 3 is 2.67 bits per heavy atom. The molecule has 0 saturated heterocycles. The summed E-state index contributed by atoms with van der Waals surface area (Å²) >= 11 is 5.82. The van der Waals surface area contributed by atoms with Crippen LogP contribution in [0.5, 0.6) is 0 Å². The highest BCUT2D eigenvalue weighted by atomic mass is 35.5. The van der Waals surface area contributed by atoms with E-state index >= 15 is 0 Å². The number of pyridine rings is 1. The lowest BCUT2D eigenvalue weighted by molar-refractivity contribution is -0.137. The number of nitrogens with zero attached hydrogens (tertiary/aromatic N) is 3. The minimum absolute atomic E-state index is 0.0199. The Morgan fingerprint density at radius 1 is 1.26 bits per heavy atom. The van der Waals surface area contributed by atoms with Crippen molar-refractivity contribution in [2.75, 3.05) is 5.32 Å². The molecule has 0 saturated carbocycles. The van der Waals surface area contributed by atoms with Gasteiger partial charge in [-0.2, -0.15) is 13.2 Å². The van der Waals surface area contributed by atoms with Crippen LogP contribution in [0.4, 0.5) is 28.0 Å². The van der Waals surface area contributed by atoms with Crippen LogP contribution in [0.2, 0.25) is 5.02 Å². The molecule has 142 valence electrons. The molecule has 2 aromatic heterocycles. The van der Waals surface area contributed by atoms with Crippen LogP contribution in [0.1, 0.15) is 17.0 Å². The van der Waals surface area contributed by atoms with Gasteiger partial charge in [0, 0.05) is 6.20 Å². The fraction of sp³-hybridized carbons (Fsp3) is 0.188. The summed E-state index contributed by atoms with van der Waals surface area (Å²) in [5.41, 5.74) is -0.309. The fourth-order valence-electron chi connectivity index (χ4n) is 2.32. The first-order valence-electron chi connectivity index (χ1n) is 7.56. The molecule has 2 N–H and O–H groups in total. The number of amides is 2. The average Bonchev–Trinajstić information content (AvgIpc) is 2.98. The zero-order chi connectivity index (χ0) is 19.8. The third kappa shape index (κ3) is 4.11. The number of aromatic nitrogens is 3. The highest BCUT2D eigenvalue weighted by Gasteiger charge is 2.32. The zero-order valence-electron chi connectivity index (χ0n) is 13.7. The standard InChI is InChI=1S/C16H12ClF4N5O/c1-8-2-3-12(11(18)4-8)23-15(27)22-6-13-24-25-14-10(17)5-9(7-26(13)14)16(19,20)21/h2-5,7H,6H2,1H3,(H2,22,23,27). The van der Waals surface area contributed by atoms with Gasteiger partial charge in [-0.25, -0.2) is 9.18 Å². The van der Waals surface area contributed by atoms with Crippen LogP contribution in [0, 0.1) is 12.7 Å². The van der Waals surface area contributed by atoms with Crippen LogP contribution in [-0.2, 0) is 12.7 Å². The molecular weight excluding hydrogens is 390 g/mol. The number of aryl methyl sites for hydroxylation is 1. The van der Waals surface area contributed by atoms with Gasteiger partial charge in [-0.05, 0) is 30.7 Å². The molecule has 0 atom stereocenters. The first kappa shape index (κ1) is 18.9. The van der Waals surface area contributed by atoms with E-state index in [2.05, 4.69) is 20.8 Å². The third-order valence-electron chi connectivity index (χ3n) is 3.64. The molecule has 0 aliphatic rings. The SMILES string of the molecule is Cc1ccc(NC(=O)NCc2nnc3c(Cl)cc(C(F)(F)F)cn23)c(F)c1. The topological polar surface area (TPSA) is 71.3 Å². The van der Waals surface area contributed by atoms with E-state index in [0.29, 0.717) is 5.56 Å². The fourth-order valence-corrected chi connectivity index (χ4v) is 2.57. The summed E-state index contributed by atoms with van der Waals surface area (Å²) in [6, 6.07) is 4.25. The Balaban J connectivity index is 1.76. The first-order valence-corrected chi connectivity index (χ1v) is 7.94. The lowest BCUT2D eigenvalue weighted by Crippen LogP contribution is -2.29. The minimum atomic E-state index is -4.60. The van der Waals surface area contributed by atoms with E-state index in [9.17, 15) is 22.4 Å². The van der Waals surface area contributed by atoms with Crippen LogP contribution in [0.25, 0.3) is 5.65 Å². The summed E-state index contributed by atoms with van der Waals surface area (Å²) in [6.45, 7) is 1.45. The van der Waals surface area contributed by atoms with E-state index in [1.165, 1.54) is 12.1 Å². The summed E-state index contributed by atoms with van der Waals surface area (Å²) < 4.78 is 53.6. The molecule has 2 amide bonds. The second-order valence-electron chi connectivity index (χ2n) is 5.68. The highest BCUT2D eigenvalue weighted by Crippen LogP contribution is 2.32. The monoisotopic (exact) mass is 401 g/mol.